The van der Waals surface area contributed by atoms with Gasteiger partial charge in [0, 0.05) is 29.8 Å². The third-order valence-electron chi connectivity index (χ3n) is 5.79. The summed E-state index contributed by atoms with van der Waals surface area (Å²) < 4.78 is 0. The second-order valence-corrected chi connectivity index (χ2v) is 7.85. The maximum Gasteiger partial charge on any atom is 0.253 e. The molecule has 3 heteroatoms. The summed E-state index contributed by atoms with van der Waals surface area (Å²) in [5.74, 6) is 6.25. The summed E-state index contributed by atoms with van der Waals surface area (Å²) >= 11 is 0. The van der Waals surface area contributed by atoms with Gasteiger partial charge in [0.15, 0.2) is 0 Å². The Hall–Kier alpha value is -3.61. The van der Waals surface area contributed by atoms with E-state index in [1.807, 2.05) is 83.8 Å². The van der Waals surface area contributed by atoms with Crippen LogP contribution in [0.15, 0.2) is 85.4 Å². The van der Waals surface area contributed by atoms with Crippen molar-refractivity contribution in [3.63, 3.8) is 0 Å². The molecule has 3 aromatic carbocycles. The molecule has 0 spiro atoms. The van der Waals surface area contributed by atoms with Gasteiger partial charge in [-0.3, -0.25) is 4.79 Å². The van der Waals surface area contributed by atoms with Crippen molar-refractivity contribution in [2.75, 3.05) is 13.1 Å². The molecule has 4 rings (SSSR count). The monoisotopic (exact) mass is 407 g/mol. The van der Waals surface area contributed by atoms with Gasteiger partial charge in [0.2, 0.25) is 0 Å². The Labute approximate surface area is 183 Å². The van der Waals surface area contributed by atoms with Crippen molar-refractivity contribution in [2.24, 2.45) is 0 Å². The predicted molar refractivity (Wildman–Crippen MR) is 124 cm³/mol. The molecule has 1 saturated heterocycles. The summed E-state index contributed by atoms with van der Waals surface area (Å²) in [5, 5.41) is 11.1. The van der Waals surface area contributed by atoms with Crippen LogP contribution >= 0.6 is 0 Å². The van der Waals surface area contributed by atoms with E-state index >= 15 is 0 Å². The fourth-order valence-corrected chi connectivity index (χ4v) is 3.87. The summed E-state index contributed by atoms with van der Waals surface area (Å²) in [4.78, 5) is 14.7. The van der Waals surface area contributed by atoms with E-state index in [0.717, 1.165) is 22.3 Å². The van der Waals surface area contributed by atoms with E-state index in [2.05, 4.69) is 18.4 Å². The SMILES string of the molecule is C=Cc1cccc(C2(O)CCN(C(=O)c3ccc(C#Cc4ccccc4)cc3)CC2)c1. The van der Waals surface area contributed by atoms with Crippen LogP contribution < -0.4 is 0 Å². The van der Waals surface area contributed by atoms with Crippen LogP contribution in [0.1, 0.15) is 45.5 Å². The predicted octanol–water partition coefficient (Wildman–Crippen LogP) is 4.85. The van der Waals surface area contributed by atoms with E-state index < -0.39 is 5.60 Å². The Morgan fingerprint density at radius 1 is 0.903 bits per heavy atom. The first-order valence-corrected chi connectivity index (χ1v) is 10.5. The van der Waals surface area contributed by atoms with E-state index in [-0.39, 0.29) is 5.91 Å². The summed E-state index contributed by atoms with van der Waals surface area (Å²) in [5.41, 5.74) is 3.44. The number of carbonyl (C=O) groups is 1. The van der Waals surface area contributed by atoms with Crippen LogP contribution in [0, 0.1) is 11.8 Å². The number of likely N-dealkylation sites (tertiary alicyclic amines) is 1. The average molecular weight is 408 g/mol. The summed E-state index contributed by atoms with van der Waals surface area (Å²) in [6.45, 7) is 4.83. The highest BCUT2D eigenvalue weighted by molar-refractivity contribution is 5.94. The van der Waals surface area contributed by atoms with Crippen molar-refractivity contribution in [3.8, 4) is 11.8 Å². The number of amides is 1. The molecule has 1 heterocycles. The molecule has 0 aromatic heterocycles. The smallest absolute Gasteiger partial charge is 0.253 e. The van der Waals surface area contributed by atoms with Gasteiger partial charge < -0.3 is 10.0 Å². The van der Waals surface area contributed by atoms with Crippen LogP contribution in [-0.4, -0.2) is 29.0 Å². The lowest BCUT2D eigenvalue weighted by atomic mass is 9.83. The number of benzene rings is 3. The molecule has 0 aliphatic carbocycles. The molecule has 0 bridgehead atoms. The van der Waals surface area contributed by atoms with Crippen molar-refractivity contribution in [3.05, 3.63) is 113 Å². The first-order valence-electron chi connectivity index (χ1n) is 10.5. The molecule has 31 heavy (non-hydrogen) atoms. The molecule has 0 atom stereocenters. The molecule has 3 nitrogen and oxygen atoms in total. The number of hydrogen-bond donors (Lipinski definition) is 1. The topological polar surface area (TPSA) is 40.5 Å². The largest absolute Gasteiger partial charge is 0.385 e. The molecule has 1 aliphatic heterocycles. The van der Waals surface area contributed by atoms with Crippen LogP contribution in [0.4, 0.5) is 0 Å². The summed E-state index contributed by atoms with van der Waals surface area (Å²) in [7, 11) is 0. The lowest BCUT2D eigenvalue weighted by molar-refractivity contribution is -0.0211. The molecular formula is C28H25NO2. The normalized spacial score (nSPS) is 14.9. The molecule has 1 amide bonds. The highest BCUT2D eigenvalue weighted by Gasteiger charge is 2.35. The zero-order valence-corrected chi connectivity index (χ0v) is 17.4. The highest BCUT2D eigenvalue weighted by atomic mass is 16.3. The number of hydrogen-bond acceptors (Lipinski definition) is 2. The third kappa shape index (κ3) is 4.77. The highest BCUT2D eigenvalue weighted by Crippen LogP contribution is 2.33. The minimum absolute atomic E-state index is 0.00976. The van der Waals surface area contributed by atoms with Crippen molar-refractivity contribution >= 4 is 12.0 Å². The number of aliphatic hydroxyl groups is 1. The van der Waals surface area contributed by atoms with Crippen LogP contribution in [-0.2, 0) is 5.60 Å². The molecule has 154 valence electrons. The van der Waals surface area contributed by atoms with E-state index in [4.69, 9.17) is 0 Å². The van der Waals surface area contributed by atoms with Gasteiger partial charge in [0.25, 0.3) is 5.91 Å². The molecule has 1 fully saturated rings. The Morgan fingerprint density at radius 3 is 2.19 bits per heavy atom. The first-order chi connectivity index (χ1) is 15.1. The van der Waals surface area contributed by atoms with E-state index in [1.54, 1.807) is 6.08 Å². The fourth-order valence-electron chi connectivity index (χ4n) is 3.87. The molecular weight excluding hydrogens is 382 g/mol. The first kappa shape index (κ1) is 20.7. The van der Waals surface area contributed by atoms with Crippen molar-refractivity contribution in [2.45, 2.75) is 18.4 Å². The summed E-state index contributed by atoms with van der Waals surface area (Å²) in [6, 6.07) is 25.0. The lowest BCUT2D eigenvalue weighted by Gasteiger charge is -2.38. The van der Waals surface area contributed by atoms with Gasteiger partial charge in [-0.1, -0.05) is 60.9 Å². The van der Waals surface area contributed by atoms with Crippen molar-refractivity contribution < 1.29 is 9.90 Å². The molecule has 0 saturated carbocycles. The Kier molecular flexibility index (Phi) is 6.02. The standard InChI is InChI=1S/C28H25NO2/c1-2-22-9-6-10-26(21-22)28(31)17-19-29(20-18-28)27(30)25-15-13-24(14-16-25)12-11-23-7-4-3-5-8-23/h2-10,13-16,21,31H,1,17-20H2. The van der Waals surface area contributed by atoms with E-state index in [0.29, 0.717) is 31.5 Å². The maximum absolute atomic E-state index is 12.9. The minimum atomic E-state index is -0.910. The number of carbonyl (C=O) groups excluding carboxylic acids is 1. The zero-order chi connectivity index (χ0) is 21.7. The maximum atomic E-state index is 12.9. The van der Waals surface area contributed by atoms with Gasteiger partial charge in [-0.15, -0.1) is 0 Å². The van der Waals surface area contributed by atoms with Crippen molar-refractivity contribution in [1.29, 1.82) is 0 Å². The number of piperidine rings is 1. The molecule has 1 aliphatic rings. The van der Waals surface area contributed by atoms with E-state index in [9.17, 15) is 9.90 Å². The molecule has 3 aromatic rings. The van der Waals surface area contributed by atoms with Gasteiger partial charge in [0.05, 0.1) is 5.60 Å². The Balaban J connectivity index is 1.40. The summed E-state index contributed by atoms with van der Waals surface area (Å²) in [6.07, 6.45) is 2.80. The fraction of sp³-hybridized carbons (Fsp3) is 0.179. The molecule has 0 radical (unpaired) electrons. The second-order valence-electron chi connectivity index (χ2n) is 7.85. The third-order valence-corrected chi connectivity index (χ3v) is 5.79. The Morgan fingerprint density at radius 2 is 1.55 bits per heavy atom. The number of nitrogens with zero attached hydrogens (tertiary/aromatic N) is 1. The van der Waals surface area contributed by atoms with Crippen LogP contribution in [0.2, 0.25) is 0 Å². The van der Waals surface area contributed by atoms with E-state index in [1.165, 1.54) is 0 Å². The quantitative estimate of drug-likeness (QED) is 0.631. The van der Waals surface area contributed by atoms with Crippen molar-refractivity contribution in [1.82, 2.24) is 4.90 Å². The molecule has 0 unspecified atom stereocenters. The van der Waals surface area contributed by atoms with Gasteiger partial charge in [-0.2, -0.15) is 0 Å². The van der Waals surface area contributed by atoms with Crippen LogP contribution in [0.3, 0.4) is 0 Å². The lowest BCUT2D eigenvalue weighted by Crippen LogP contribution is -2.45. The van der Waals surface area contributed by atoms with Crippen LogP contribution in [0.5, 0.6) is 0 Å². The average Bonchev–Trinajstić information content (AvgIpc) is 2.84. The number of rotatable bonds is 3. The van der Waals surface area contributed by atoms with Gasteiger partial charge in [-0.25, -0.2) is 0 Å². The Bertz CT molecular complexity index is 1130. The zero-order valence-electron chi connectivity index (χ0n) is 17.4. The molecule has 1 N–H and O–H groups in total. The van der Waals surface area contributed by atoms with Crippen LogP contribution in [0.25, 0.3) is 6.08 Å². The van der Waals surface area contributed by atoms with Gasteiger partial charge >= 0.3 is 0 Å². The second kappa shape index (κ2) is 9.04. The van der Waals surface area contributed by atoms with Gasteiger partial charge in [-0.05, 0) is 66.4 Å². The van der Waals surface area contributed by atoms with Gasteiger partial charge in [0.1, 0.15) is 0 Å². The minimum Gasteiger partial charge on any atom is -0.385 e.